The molecule has 2 amide bonds. The van der Waals surface area contributed by atoms with Crippen molar-refractivity contribution in [3.05, 3.63) is 58.6 Å². The smallest absolute Gasteiger partial charge is 0.249 e. The van der Waals surface area contributed by atoms with Gasteiger partial charge in [-0.15, -0.1) is 11.3 Å². The number of nitrogens with one attached hydrogen (secondary N) is 1. The fourth-order valence-corrected chi connectivity index (χ4v) is 4.31. The van der Waals surface area contributed by atoms with Crippen molar-refractivity contribution in [2.24, 2.45) is 0 Å². The second kappa shape index (κ2) is 7.05. The second-order valence-electron chi connectivity index (χ2n) is 6.10. The molecule has 1 atom stereocenters. The predicted octanol–water partition coefficient (Wildman–Crippen LogP) is 3.41. The van der Waals surface area contributed by atoms with E-state index in [0.29, 0.717) is 23.7 Å². The predicted molar refractivity (Wildman–Crippen MR) is 104 cm³/mol. The van der Waals surface area contributed by atoms with Crippen LogP contribution in [0.3, 0.4) is 0 Å². The Labute approximate surface area is 159 Å². The molecule has 0 bridgehead atoms. The standard InChI is InChI=1S/C19H16ClN3O2S/c20-12-5-1-3-7-15(12)23-10-9-14(19(23)25)21-17(24)11-18-22-13-6-2-4-8-16(13)26-18/h1-8,14H,9-11H2,(H,21,24)/t14-/m0/s1. The highest BCUT2D eigenvalue weighted by molar-refractivity contribution is 7.18. The highest BCUT2D eigenvalue weighted by Crippen LogP contribution is 2.29. The van der Waals surface area contributed by atoms with E-state index in [1.165, 1.54) is 11.3 Å². The molecule has 0 aliphatic carbocycles. The van der Waals surface area contributed by atoms with E-state index in [2.05, 4.69) is 10.3 Å². The Morgan fingerprint density at radius 2 is 2.00 bits per heavy atom. The first kappa shape index (κ1) is 17.0. The molecule has 7 heteroatoms. The Balaban J connectivity index is 1.42. The van der Waals surface area contributed by atoms with Crippen molar-refractivity contribution in [2.45, 2.75) is 18.9 Å². The minimum atomic E-state index is -0.520. The number of amides is 2. The van der Waals surface area contributed by atoms with Gasteiger partial charge in [0.15, 0.2) is 0 Å². The summed E-state index contributed by atoms with van der Waals surface area (Å²) in [6.45, 7) is 0.536. The zero-order valence-electron chi connectivity index (χ0n) is 13.8. The summed E-state index contributed by atoms with van der Waals surface area (Å²) in [5.41, 5.74) is 1.57. The maximum absolute atomic E-state index is 12.6. The second-order valence-corrected chi connectivity index (χ2v) is 7.62. The lowest BCUT2D eigenvalue weighted by molar-refractivity contribution is -0.126. The molecule has 0 spiro atoms. The Hall–Kier alpha value is -2.44. The van der Waals surface area contributed by atoms with Gasteiger partial charge in [-0.25, -0.2) is 4.98 Å². The molecule has 0 radical (unpaired) electrons. The maximum Gasteiger partial charge on any atom is 0.249 e. The molecular formula is C19H16ClN3O2S. The average molecular weight is 386 g/mol. The van der Waals surface area contributed by atoms with Gasteiger partial charge in [0, 0.05) is 6.54 Å². The number of anilines is 1. The van der Waals surface area contributed by atoms with E-state index in [-0.39, 0.29) is 18.2 Å². The number of fused-ring (bicyclic) bond motifs is 1. The number of thiazole rings is 1. The maximum atomic E-state index is 12.6. The Morgan fingerprint density at radius 3 is 2.81 bits per heavy atom. The minimum Gasteiger partial charge on any atom is -0.344 e. The van der Waals surface area contributed by atoms with E-state index in [0.717, 1.165) is 15.2 Å². The summed E-state index contributed by atoms with van der Waals surface area (Å²) in [6.07, 6.45) is 0.741. The van der Waals surface area contributed by atoms with Gasteiger partial charge in [0.2, 0.25) is 11.8 Å². The summed E-state index contributed by atoms with van der Waals surface area (Å²) in [5.74, 6) is -0.320. The molecule has 132 valence electrons. The zero-order valence-corrected chi connectivity index (χ0v) is 15.4. The van der Waals surface area contributed by atoms with Crippen LogP contribution >= 0.6 is 22.9 Å². The van der Waals surface area contributed by atoms with E-state index in [1.807, 2.05) is 42.5 Å². The van der Waals surface area contributed by atoms with Crippen LogP contribution in [0.5, 0.6) is 0 Å². The summed E-state index contributed by atoms with van der Waals surface area (Å²) in [6, 6.07) is 14.5. The van der Waals surface area contributed by atoms with Crippen molar-refractivity contribution in [2.75, 3.05) is 11.4 Å². The third-order valence-corrected chi connectivity index (χ3v) is 5.69. The van der Waals surface area contributed by atoms with Gasteiger partial charge in [-0.2, -0.15) is 0 Å². The molecule has 4 rings (SSSR count). The van der Waals surface area contributed by atoms with E-state index >= 15 is 0 Å². The first-order valence-corrected chi connectivity index (χ1v) is 9.51. The van der Waals surface area contributed by atoms with E-state index in [4.69, 9.17) is 11.6 Å². The normalized spacial score (nSPS) is 17.0. The van der Waals surface area contributed by atoms with Crippen molar-refractivity contribution in [1.82, 2.24) is 10.3 Å². The molecule has 1 aromatic heterocycles. The molecule has 26 heavy (non-hydrogen) atoms. The van der Waals surface area contributed by atoms with Gasteiger partial charge in [0.1, 0.15) is 11.0 Å². The van der Waals surface area contributed by atoms with Gasteiger partial charge in [0.25, 0.3) is 0 Å². The SMILES string of the molecule is O=C(Cc1nc2ccccc2s1)N[C@H]1CCN(c2ccccc2Cl)C1=O. The molecule has 1 N–H and O–H groups in total. The number of rotatable bonds is 4. The van der Waals surface area contributed by atoms with E-state index in [1.54, 1.807) is 11.0 Å². The fourth-order valence-electron chi connectivity index (χ4n) is 3.10. The summed E-state index contributed by atoms with van der Waals surface area (Å²) in [7, 11) is 0. The Kier molecular flexibility index (Phi) is 4.61. The number of aromatic nitrogens is 1. The number of nitrogens with zero attached hydrogens (tertiary/aromatic N) is 2. The topological polar surface area (TPSA) is 62.3 Å². The Morgan fingerprint density at radius 1 is 1.23 bits per heavy atom. The molecule has 3 aromatic rings. The molecular weight excluding hydrogens is 370 g/mol. The zero-order chi connectivity index (χ0) is 18.1. The average Bonchev–Trinajstić information content (AvgIpc) is 3.19. The molecule has 2 aromatic carbocycles. The quantitative estimate of drug-likeness (QED) is 0.748. The van der Waals surface area contributed by atoms with Gasteiger partial charge in [-0.1, -0.05) is 35.9 Å². The highest BCUT2D eigenvalue weighted by atomic mass is 35.5. The first-order chi connectivity index (χ1) is 12.6. The summed E-state index contributed by atoms with van der Waals surface area (Å²) >= 11 is 7.68. The van der Waals surface area contributed by atoms with Crippen LogP contribution in [0.25, 0.3) is 10.2 Å². The van der Waals surface area contributed by atoms with Crippen molar-refractivity contribution in [3.8, 4) is 0 Å². The number of carbonyl (C=O) groups is 2. The van der Waals surface area contributed by atoms with E-state index in [9.17, 15) is 9.59 Å². The van der Waals surface area contributed by atoms with Crippen LogP contribution in [0.2, 0.25) is 5.02 Å². The molecule has 0 saturated carbocycles. The number of halogens is 1. The van der Waals surface area contributed by atoms with Crippen molar-refractivity contribution in [3.63, 3.8) is 0 Å². The Bertz CT molecular complexity index is 955. The number of hydrogen-bond acceptors (Lipinski definition) is 4. The van der Waals surface area contributed by atoms with Gasteiger partial charge < -0.3 is 10.2 Å². The van der Waals surface area contributed by atoms with E-state index < -0.39 is 6.04 Å². The minimum absolute atomic E-state index is 0.129. The van der Waals surface area contributed by atoms with Crippen molar-refractivity contribution < 1.29 is 9.59 Å². The molecule has 1 saturated heterocycles. The van der Waals surface area contributed by atoms with Crippen LogP contribution in [0, 0.1) is 0 Å². The fraction of sp³-hybridized carbons (Fsp3) is 0.211. The molecule has 5 nitrogen and oxygen atoms in total. The number of benzene rings is 2. The summed E-state index contributed by atoms with van der Waals surface area (Å²) < 4.78 is 1.05. The van der Waals surface area contributed by atoms with Gasteiger partial charge in [-0.05, 0) is 30.7 Å². The van der Waals surface area contributed by atoms with Crippen LogP contribution in [-0.2, 0) is 16.0 Å². The van der Waals surface area contributed by atoms with Gasteiger partial charge >= 0.3 is 0 Å². The number of carbonyl (C=O) groups excluding carboxylic acids is 2. The number of hydrogen-bond donors (Lipinski definition) is 1. The molecule has 1 aliphatic rings. The molecule has 1 fully saturated rings. The number of para-hydroxylation sites is 2. The van der Waals surface area contributed by atoms with Crippen LogP contribution in [0.4, 0.5) is 5.69 Å². The summed E-state index contributed by atoms with van der Waals surface area (Å²) in [5, 5.41) is 4.11. The first-order valence-electron chi connectivity index (χ1n) is 8.31. The third kappa shape index (κ3) is 3.30. The molecule has 2 heterocycles. The van der Waals surface area contributed by atoms with Crippen molar-refractivity contribution in [1.29, 1.82) is 0 Å². The van der Waals surface area contributed by atoms with Crippen molar-refractivity contribution >= 4 is 50.7 Å². The highest BCUT2D eigenvalue weighted by Gasteiger charge is 2.34. The lowest BCUT2D eigenvalue weighted by Crippen LogP contribution is -2.42. The summed E-state index contributed by atoms with van der Waals surface area (Å²) in [4.78, 5) is 31.1. The third-order valence-electron chi connectivity index (χ3n) is 4.33. The van der Waals surface area contributed by atoms with Gasteiger partial charge in [-0.3, -0.25) is 9.59 Å². The van der Waals surface area contributed by atoms with Crippen LogP contribution in [0.15, 0.2) is 48.5 Å². The van der Waals surface area contributed by atoms with Crippen LogP contribution < -0.4 is 10.2 Å². The molecule has 0 unspecified atom stereocenters. The van der Waals surface area contributed by atoms with Gasteiger partial charge in [0.05, 0.1) is 27.3 Å². The lowest BCUT2D eigenvalue weighted by Gasteiger charge is -2.18. The lowest BCUT2D eigenvalue weighted by atomic mass is 10.2. The molecule has 1 aliphatic heterocycles. The monoisotopic (exact) mass is 385 g/mol. The van der Waals surface area contributed by atoms with Crippen LogP contribution in [-0.4, -0.2) is 29.4 Å². The van der Waals surface area contributed by atoms with Crippen LogP contribution in [0.1, 0.15) is 11.4 Å². The largest absolute Gasteiger partial charge is 0.344 e.